The number of allylic oxidation sites excluding steroid dienone is 1. The van der Waals surface area contributed by atoms with Gasteiger partial charge in [-0.2, -0.15) is 0 Å². The van der Waals surface area contributed by atoms with Crippen LogP contribution in [0.3, 0.4) is 0 Å². The Morgan fingerprint density at radius 3 is 2.94 bits per heavy atom. The van der Waals surface area contributed by atoms with Gasteiger partial charge in [0.05, 0.1) is 0 Å². The maximum Gasteiger partial charge on any atom is 0.251 e. The van der Waals surface area contributed by atoms with Crippen LogP contribution in [0, 0.1) is 5.82 Å². The monoisotopic (exact) mass is 239 g/mol. The first-order valence-electron chi connectivity index (χ1n) is 5.03. The van der Waals surface area contributed by atoms with Crippen molar-refractivity contribution in [3.63, 3.8) is 0 Å². The lowest BCUT2D eigenvalue weighted by atomic mass is 10.2. The number of nitrogens with one attached hydrogen (secondary N) is 1. The fourth-order valence-electron chi connectivity index (χ4n) is 1.19. The van der Waals surface area contributed by atoms with Crippen LogP contribution >= 0.6 is 12.6 Å². The van der Waals surface area contributed by atoms with Crippen molar-refractivity contribution in [3.05, 3.63) is 41.7 Å². The molecule has 16 heavy (non-hydrogen) atoms. The van der Waals surface area contributed by atoms with Crippen molar-refractivity contribution in [3.8, 4) is 0 Å². The van der Waals surface area contributed by atoms with Gasteiger partial charge in [0.1, 0.15) is 5.82 Å². The average molecular weight is 239 g/mol. The molecule has 2 nitrogen and oxygen atoms in total. The molecule has 0 saturated heterocycles. The Labute approximate surface area is 100.0 Å². The summed E-state index contributed by atoms with van der Waals surface area (Å²) in [5.41, 5.74) is 0.423. The lowest BCUT2D eigenvalue weighted by Crippen LogP contribution is -2.24. The van der Waals surface area contributed by atoms with Crippen molar-refractivity contribution in [2.45, 2.75) is 18.2 Å². The van der Waals surface area contributed by atoms with Crippen LogP contribution in [-0.2, 0) is 0 Å². The Bertz CT molecular complexity index is 404. The molecule has 0 atom stereocenters. The molecule has 0 bridgehead atoms. The van der Waals surface area contributed by atoms with Gasteiger partial charge in [-0.3, -0.25) is 4.79 Å². The van der Waals surface area contributed by atoms with Gasteiger partial charge in [-0.25, -0.2) is 4.39 Å². The van der Waals surface area contributed by atoms with Crippen LogP contribution in [0.4, 0.5) is 4.39 Å². The fraction of sp³-hybridized carbons (Fsp3) is 0.250. The van der Waals surface area contributed by atoms with Crippen LogP contribution < -0.4 is 5.32 Å². The Balaban J connectivity index is 2.56. The van der Waals surface area contributed by atoms with Crippen molar-refractivity contribution in [1.82, 2.24) is 5.32 Å². The minimum atomic E-state index is -0.422. The highest BCUT2D eigenvalue weighted by Crippen LogP contribution is 2.13. The molecule has 0 heterocycles. The number of carbonyl (C=O) groups excluding carboxylic acids is 1. The van der Waals surface area contributed by atoms with Gasteiger partial charge in [0.15, 0.2) is 0 Å². The molecule has 1 rings (SSSR count). The minimum absolute atomic E-state index is 0.182. The van der Waals surface area contributed by atoms with Gasteiger partial charge in [-0.15, -0.1) is 12.6 Å². The van der Waals surface area contributed by atoms with E-state index in [0.717, 1.165) is 6.42 Å². The molecule has 0 aliphatic carbocycles. The van der Waals surface area contributed by atoms with Crippen LogP contribution in [0.2, 0.25) is 0 Å². The van der Waals surface area contributed by atoms with Crippen LogP contribution in [0.5, 0.6) is 0 Å². The maximum atomic E-state index is 12.9. The van der Waals surface area contributed by atoms with Crippen LogP contribution in [0.25, 0.3) is 0 Å². The Kier molecular flexibility index (Phi) is 5.05. The zero-order chi connectivity index (χ0) is 12.0. The molecule has 86 valence electrons. The predicted molar refractivity (Wildman–Crippen MR) is 65.4 cm³/mol. The quantitative estimate of drug-likeness (QED) is 0.472. The Morgan fingerprint density at radius 1 is 1.56 bits per heavy atom. The lowest BCUT2D eigenvalue weighted by Gasteiger charge is -2.04. The fourth-order valence-corrected chi connectivity index (χ4v) is 1.41. The van der Waals surface area contributed by atoms with Crippen molar-refractivity contribution >= 4 is 18.5 Å². The largest absolute Gasteiger partial charge is 0.352 e. The summed E-state index contributed by atoms with van der Waals surface area (Å²) in [6.07, 6.45) is 4.68. The van der Waals surface area contributed by atoms with E-state index in [1.165, 1.54) is 18.2 Å². The molecule has 0 aliphatic rings. The molecular weight excluding hydrogens is 225 g/mol. The number of thiol groups is 1. The second kappa shape index (κ2) is 6.33. The van der Waals surface area contributed by atoms with Crippen molar-refractivity contribution in [2.24, 2.45) is 0 Å². The molecule has 0 unspecified atom stereocenters. The first-order chi connectivity index (χ1) is 7.65. The molecule has 0 spiro atoms. The van der Waals surface area contributed by atoms with Crippen LogP contribution in [0.15, 0.2) is 35.2 Å². The first-order valence-corrected chi connectivity index (χ1v) is 5.47. The highest BCUT2D eigenvalue weighted by Gasteiger charge is 2.06. The topological polar surface area (TPSA) is 29.1 Å². The molecule has 0 aliphatic heterocycles. The standard InChI is InChI=1S/C12H14FNOS/c1-2-3-4-7-14-12(15)9-5-6-10(13)11(16)8-9/h2-3,5-6,8,16H,4,7H2,1H3,(H,14,15)/b3-2+. The van der Waals surface area contributed by atoms with Crippen LogP contribution in [-0.4, -0.2) is 12.5 Å². The third-order valence-electron chi connectivity index (χ3n) is 2.04. The van der Waals surface area contributed by atoms with Gasteiger partial charge in [-0.05, 0) is 31.5 Å². The third kappa shape index (κ3) is 3.70. The molecule has 1 aromatic carbocycles. The summed E-state index contributed by atoms with van der Waals surface area (Å²) in [6.45, 7) is 2.50. The summed E-state index contributed by atoms with van der Waals surface area (Å²) in [7, 11) is 0. The van der Waals surface area contributed by atoms with E-state index < -0.39 is 5.82 Å². The smallest absolute Gasteiger partial charge is 0.251 e. The van der Waals surface area contributed by atoms with Gasteiger partial charge < -0.3 is 5.32 Å². The van der Waals surface area contributed by atoms with Gasteiger partial charge >= 0.3 is 0 Å². The van der Waals surface area contributed by atoms with Gasteiger partial charge in [0.25, 0.3) is 5.91 Å². The number of carbonyl (C=O) groups is 1. The number of hydrogen-bond acceptors (Lipinski definition) is 2. The third-order valence-corrected chi connectivity index (χ3v) is 2.38. The number of benzene rings is 1. The SMILES string of the molecule is C/C=C/CCNC(=O)c1ccc(F)c(S)c1. The predicted octanol–water partition coefficient (Wildman–Crippen LogP) is 2.81. The molecule has 0 radical (unpaired) electrons. The molecule has 1 amide bonds. The van der Waals surface area contributed by atoms with Crippen molar-refractivity contribution < 1.29 is 9.18 Å². The van der Waals surface area contributed by atoms with E-state index in [1.54, 1.807) is 0 Å². The molecule has 4 heteroatoms. The Hall–Kier alpha value is -1.29. The number of rotatable bonds is 4. The minimum Gasteiger partial charge on any atom is -0.352 e. The van der Waals surface area contributed by atoms with E-state index in [0.29, 0.717) is 12.1 Å². The van der Waals surface area contributed by atoms with Gasteiger partial charge in [0.2, 0.25) is 0 Å². The summed E-state index contributed by atoms with van der Waals surface area (Å²) in [6, 6.07) is 4.10. The summed E-state index contributed by atoms with van der Waals surface area (Å²) in [5.74, 6) is -0.631. The van der Waals surface area contributed by atoms with E-state index in [-0.39, 0.29) is 10.8 Å². The van der Waals surface area contributed by atoms with Crippen molar-refractivity contribution in [2.75, 3.05) is 6.54 Å². The van der Waals surface area contributed by atoms with Gasteiger partial charge in [0, 0.05) is 17.0 Å². The van der Waals surface area contributed by atoms with E-state index >= 15 is 0 Å². The summed E-state index contributed by atoms with van der Waals surface area (Å²) >= 11 is 3.92. The van der Waals surface area contributed by atoms with Crippen molar-refractivity contribution in [1.29, 1.82) is 0 Å². The number of hydrogen-bond donors (Lipinski definition) is 2. The normalized spacial score (nSPS) is 10.7. The first kappa shape index (κ1) is 12.8. The highest BCUT2D eigenvalue weighted by molar-refractivity contribution is 7.80. The maximum absolute atomic E-state index is 12.9. The molecule has 0 aromatic heterocycles. The summed E-state index contributed by atoms with van der Waals surface area (Å²) < 4.78 is 12.9. The van der Waals surface area contributed by atoms with E-state index in [9.17, 15) is 9.18 Å². The number of halogens is 1. The highest BCUT2D eigenvalue weighted by atomic mass is 32.1. The average Bonchev–Trinajstić information content (AvgIpc) is 2.28. The van der Waals surface area contributed by atoms with E-state index in [1.807, 2.05) is 19.1 Å². The van der Waals surface area contributed by atoms with E-state index in [4.69, 9.17) is 0 Å². The van der Waals surface area contributed by atoms with Crippen LogP contribution in [0.1, 0.15) is 23.7 Å². The zero-order valence-electron chi connectivity index (χ0n) is 9.03. The second-order valence-corrected chi connectivity index (χ2v) is 3.76. The molecule has 0 saturated carbocycles. The molecule has 1 aromatic rings. The zero-order valence-corrected chi connectivity index (χ0v) is 9.93. The second-order valence-electron chi connectivity index (χ2n) is 3.28. The summed E-state index contributed by atoms with van der Waals surface area (Å²) in [4.78, 5) is 11.8. The Morgan fingerprint density at radius 2 is 2.31 bits per heavy atom. The van der Waals surface area contributed by atoms with E-state index in [2.05, 4.69) is 17.9 Å². The molecule has 1 N–H and O–H groups in total. The molecular formula is C12H14FNOS. The lowest BCUT2D eigenvalue weighted by molar-refractivity contribution is 0.0954. The number of amides is 1. The summed E-state index contributed by atoms with van der Waals surface area (Å²) in [5, 5.41) is 2.73. The molecule has 0 fully saturated rings. The van der Waals surface area contributed by atoms with Gasteiger partial charge in [-0.1, -0.05) is 12.2 Å².